The number of rotatable bonds is 16. The molecular weight excluding hydrogens is 834 g/mol. The van der Waals surface area contributed by atoms with E-state index < -0.39 is 29.1 Å². The van der Waals surface area contributed by atoms with Crippen LogP contribution in [-0.2, 0) is 57.7 Å². The Bertz CT molecular complexity index is 1590. The van der Waals surface area contributed by atoms with Crippen LogP contribution in [0.25, 0.3) is 0 Å². The summed E-state index contributed by atoms with van der Waals surface area (Å²) in [5.74, 6) is 0.229. The Hall–Kier alpha value is -1.57. The first kappa shape index (κ1) is 50.8. The van der Waals surface area contributed by atoms with Crippen LogP contribution in [0.5, 0.6) is 0 Å². The molecule has 0 amide bonds. The molecule has 6 aliphatic rings. The second-order valence-corrected chi connectivity index (χ2v) is 23.4. The normalized spacial score (nSPS) is 30.7. The first-order valence-corrected chi connectivity index (χ1v) is 26.9. The summed E-state index contributed by atoms with van der Waals surface area (Å²) in [4.78, 5) is 35.2. The molecule has 0 aromatic carbocycles. The molecule has 15 nitrogen and oxygen atoms in total. The second-order valence-electron chi connectivity index (χ2n) is 16.5. The van der Waals surface area contributed by atoms with Gasteiger partial charge >= 0.3 is 17.9 Å². The minimum Gasteiger partial charge on any atom is -0.466 e. The Morgan fingerprint density at radius 2 is 0.828 bits per heavy atom. The van der Waals surface area contributed by atoms with Crippen LogP contribution in [0, 0.1) is 35.5 Å². The Balaban J connectivity index is 0.000000218. The molecule has 19 heteroatoms. The molecule has 0 heterocycles. The van der Waals surface area contributed by atoms with Crippen molar-refractivity contribution in [1.82, 2.24) is 9.44 Å². The van der Waals surface area contributed by atoms with Crippen molar-refractivity contribution in [1.29, 1.82) is 0 Å². The van der Waals surface area contributed by atoms with Gasteiger partial charge in [-0.05, 0) is 116 Å². The number of sulfonamides is 2. The minimum absolute atomic E-state index is 0.0534. The summed E-state index contributed by atoms with van der Waals surface area (Å²) in [5.41, 5.74) is 5.82. The molecule has 0 aromatic rings. The van der Waals surface area contributed by atoms with Gasteiger partial charge in [0.05, 0.1) is 53.3 Å². The number of nitrogens with two attached hydrogens (primary N) is 1. The molecule has 4 N–H and O–H groups in total. The van der Waals surface area contributed by atoms with Gasteiger partial charge in [-0.25, -0.2) is 34.7 Å². The molecule has 6 rings (SSSR count). The number of halogens is 1. The van der Waals surface area contributed by atoms with Gasteiger partial charge in [-0.2, -0.15) is 0 Å². The fraction of sp³-hybridized carbons (Fsp3) is 0.923. The number of nitrogens with one attached hydrogen (secondary N) is 2. The smallest absolute Gasteiger partial charge is 0.309 e. The van der Waals surface area contributed by atoms with Gasteiger partial charge in [0.2, 0.25) is 29.1 Å². The summed E-state index contributed by atoms with van der Waals surface area (Å²) in [6.07, 6.45) is 11.8. The van der Waals surface area contributed by atoms with Gasteiger partial charge in [0.25, 0.3) is 0 Å². The lowest BCUT2D eigenvalue weighted by atomic mass is 9.94. The van der Waals surface area contributed by atoms with Crippen LogP contribution in [0.3, 0.4) is 0 Å². The first-order chi connectivity index (χ1) is 27.2. The van der Waals surface area contributed by atoms with Gasteiger partial charge in [0.15, 0.2) is 0 Å². The number of hydrogen-bond acceptors (Lipinski definition) is 13. The van der Waals surface area contributed by atoms with Crippen LogP contribution in [0.15, 0.2) is 0 Å². The molecule has 6 aliphatic carbocycles. The SMILES string of the molecule is CCOC(=O)C1CC(N)CC1CC.CCOC(=O)C1CC(NS(=O)(=O)C2CC2)CC1CC.CCOC(=O)C1CC(NS(=O)(=O)C2CC2)CC1CC.O=S(=O)(Cl)C1CC1. The lowest BCUT2D eigenvalue weighted by Crippen LogP contribution is -2.35. The zero-order chi connectivity index (χ0) is 43.4. The van der Waals surface area contributed by atoms with E-state index in [1.165, 1.54) is 0 Å². The highest BCUT2D eigenvalue weighted by Gasteiger charge is 2.45. The van der Waals surface area contributed by atoms with Gasteiger partial charge in [0.1, 0.15) is 0 Å². The summed E-state index contributed by atoms with van der Waals surface area (Å²) < 4.78 is 88.7. The lowest BCUT2D eigenvalue weighted by molar-refractivity contribution is -0.150. The van der Waals surface area contributed by atoms with Gasteiger partial charge in [0, 0.05) is 28.8 Å². The molecule has 0 saturated heterocycles. The maximum absolute atomic E-state index is 11.9. The fourth-order valence-electron chi connectivity index (χ4n) is 8.34. The number of esters is 3. The van der Waals surface area contributed by atoms with Crippen molar-refractivity contribution >= 4 is 57.7 Å². The fourth-order valence-corrected chi connectivity index (χ4v) is 12.8. The molecular formula is C39H70ClN3O12S3. The molecule has 0 aromatic heterocycles. The Kier molecular flexibility index (Phi) is 20.2. The number of carbonyl (C=O) groups is 3. The van der Waals surface area contributed by atoms with Crippen molar-refractivity contribution < 1.29 is 53.8 Å². The molecule has 0 spiro atoms. The van der Waals surface area contributed by atoms with Crippen LogP contribution >= 0.6 is 10.7 Å². The van der Waals surface area contributed by atoms with Crippen molar-refractivity contribution in [2.24, 2.45) is 41.2 Å². The van der Waals surface area contributed by atoms with Crippen molar-refractivity contribution in [2.75, 3.05) is 19.8 Å². The molecule has 0 radical (unpaired) electrons. The third-order valence-electron chi connectivity index (χ3n) is 12.0. The van der Waals surface area contributed by atoms with E-state index in [4.69, 9.17) is 30.6 Å². The standard InChI is InChI=1S/2C13H23NO4S.C10H19NO2.C3H5ClO2S/c2*1-3-9-7-10(8-12(9)13(15)18-4-2)14-19(16,17)11-5-6-11;1-3-7-5-8(11)6-9(7)10(12)13-4-2;4-7(5,6)3-1-2-3/h2*9-12,14H,3-8H2,1-2H3;7-9H,3-6,11H2,1-2H3;3H,1-2H2. The van der Waals surface area contributed by atoms with Crippen molar-refractivity contribution in [2.45, 2.75) is 172 Å². The van der Waals surface area contributed by atoms with Crippen LogP contribution in [0.2, 0.25) is 0 Å². The van der Waals surface area contributed by atoms with E-state index >= 15 is 0 Å². The van der Waals surface area contributed by atoms with Gasteiger partial charge in [-0.1, -0.05) is 40.0 Å². The van der Waals surface area contributed by atoms with E-state index in [9.17, 15) is 39.6 Å². The maximum Gasteiger partial charge on any atom is 0.309 e. The van der Waals surface area contributed by atoms with Gasteiger partial charge < -0.3 is 19.9 Å². The molecule has 338 valence electrons. The summed E-state index contributed by atoms with van der Waals surface area (Å²) in [6, 6.07) is -0.0192. The molecule has 0 bridgehead atoms. The highest BCUT2D eigenvalue weighted by Crippen LogP contribution is 2.39. The van der Waals surface area contributed by atoms with Crippen molar-refractivity contribution in [3.8, 4) is 0 Å². The monoisotopic (exact) mass is 903 g/mol. The second kappa shape index (κ2) is 23.0. The predicted octanol–water partition coefficient (Wildman–Crippen LogP) is 4.90. The zero-order valence-corrected chi connectivity index (χ0v) is 38.4. The molecule has 6 fully saturated rings. The third kappa shape index (κ3) is 16.0. The molecule has 9 unspecified atom stereocenters. The minimum atomic E-state index is -3.17. The topological polar surface area (TPSA) is 231 Å². The maximum atomic E-state index is 11.9. The summed E-state index contributed by atoms with van der Waals surface area (Å²) >= 11 is 0. The zero-order valence-electron chi connectivity index (χ0n) is 35.2. The van der Waals surface area contributed by atoms with Crippen LogP contribution < -0.4 is 15.2 Å². The summed E-state index contributed by atoms with van der Waals surface area (Å²) in [6.45, 7) is 12.8. The Morgan fingerprint density at radius 1 is 0.517 bits per heavy atom. The van der Waals surface area contributed by atoms with E-state index in [2.05, 4.69) is 16.4 Å². The number of hydrogen-bond donors (Lipinski definition) is 3. The number of ether oxygens (including phenoxy) is 3. The highest BCUT2D eigenvalue weighted by atomic mass is 35.7. The van der Waals surface area contributed by atoms with Crippen molar-refractivity contribution in [3.63, 3.8) is 0 Å². The van der Waals surface area contributed by atoms with E-state index in [1.54, 1.807) is 13.8 Å². The van der Waals surface area contributed by atoms with Crippen LogP contribution in [0.1, 0.15) is 138 Å². The van der Waals surface area contributed by atoms with Gasteiger partial charge in [-0.15, -0.1) is 0 Å². The van der Waals surface area contributed by atoms with E-state index in [0.29, 0.717) is 38.6 Å². The first-order valence-electron chi connectivity index (χ1n) is 21.5. The lowest BCUT2D eigenvalue weighted by Gasteiger charge is -2.15. The largest absolute Gasteiger partial charge is 0.466 e. The van der Waals surface area contributed by atoms with E-state index in [-0.39, 0.29) is 81.4 Å². The molecule has 9 atom stereocenters. The van der Waals surface area contributed by atoms with Crippen LogP contribution in [0.4, 0.5) is 0 Å². The molecule has 0 aliphatic heterocycles. The van der Waals surface area contributed by atoms with Crippen LogP contribution in [-0.4, -0.2) is 96.9 Å². The molecule has 6 saturated carbocycles. The summed E-state index contributed by atoms with van der Waals surface area (Å²) in [7, 11) is -4.59. The summed E-state index contributed by atoms with van der Waals surface area (Å²) in [5, 5.41) is -0.613. The number of carbonyl (C=O) groups excluding carboxylic acids is 3. The highest BCUT2D eigenvalue weighted by molar-refractivity contribution is 8.14. The van der Waals surface area contributed by atoms with E-state index in [1.807, 2.05) is 20.8 Å². The molecule has 58 heavy (non-hydrogen) atoms. The van der Waals surface area contributed by atoms with Crippen molar-refractivity contribution in [3.05, 3.63) is 0 Å². The van der Waals surface area contributed by atoms with Gasteiger partial charge in [-0.3, -0.25) is 14.4 Å². The average Bonchev–Trinajstić information content (AvgIpc) is 4.03. The Labute approximate surface area is 352 Å². The predicted molar refractivity (Wildman–Crippen MR) is 223 cm³/mol. The quantitative estimate of drug-likeness (QED) is 0.106. The van der Waals surface area contributed by atoms with E-state index in [0.717, 1.165) is 83.5 Å². The Morgan fingerprint density at radius 3 is 1.09 bits per heavy atom. The third-order valence-corrected chi connectivity index (χ3v) is 18.0. The average molecular weight is 905 g/mol.